The number of aromatic nitrogens is 2. The normalized spacial score (nSPS) is 18.6. The van der Waals surface area contributed by atoms with Gasteiger partial charge < -0.3 is 45.1 Å². The smallest absolute Gasteiger partial charge is 0.302 e. The number of Topliss-reactive ketones (excluding diaryl/α,β-unsaturated/α-hetero) is 1. The zero-order valence-corrected chi connectivity index (χ0v) is 34.8. The number of esters is 1. The second-order valence-corrected chi connectivity index (χ2v) is 16.1. The van der Waals surface area contributed by atoms with E-state index in [1.807, 2.05) is 19.1 Å². The first-order valence-electron chi connectivity index (χ1n) is 19.3. The van der Waals surface area contributed by atoms with E-state index >= 15 is 0 Å². The lowest BCUT2D eigenvalue weighted by atomic mass is 9.78. The SMILES string of the molecule is CO[C@@H](/C=C/O)[C@@H](C)[C@@H](OC(C)=O)[C@H](C)[C@H](O)[C@H](C)[C@@H](O)[C@@H](C)/C=C/C=C(/C)C(=O)Nc1c(O)c2c(O)c(C)c3c(c2c2nc4cc(C)ccn4c12)C(=O)C(C)(C)O3. The maximum absolute atomic E-state index is 13.8. The first kappa shape index (κ1) is 43.7. The Balaban J connectivity index is 1.43. The minimum Gasteiger partial charge on any atom is -0.516 e. The molecule has 0 saturated carbocycles. The lowest BCUT2D eigenvalue weighted by Gasteiger charge is -2.37. The van der Waals surface area contributed by atoms with Gasteiger partial charge in [-0.25, -0.2) is 4.98 Å². The number of nitrogens with one attached hydrogen (secondary N) is 1. The van der Waals surface area contributed by atoms with Gasteiger partial charge >= 0.3 is 5.97 Å². The van der Waals surface area contributed by atoms with Crippen molar-refractivity contribution >= 4 is 50.8 Å². The highest BCUT2D eigenvalue weighted by Gasteiger charge is 2.45. The van der Waals surface area contributed by atoms with E-state index in [1.165, 1.54) is 20.1 Å². The second kappa shape index (κ2) is 16.8. The largest absolute Gasteiger partial charge is 0.516 e. The lowest BCUT2D eigenvalue weighted by molar-refractivity contribution is -0.160. The number of methoxy groups -OCH3 is 1. The summed E-state index contributed by atoms with van der Waals surface area (Å²) in [5, 5.41) is 58.3. The summed E-state index contributed by atoms with van der Waals surface area (Å²) in [5.41, 5.74) is 1.42. The standard InChI is InChI=1S/C44H55N3O11/c1-20-15-17-47-29(19-20)45-33-30-31(38(52)26(7)41-32(30)42(54)44(9,10)58-41)39(53)34(35(33)47)46-43(55)22(3)14-12-13-21(2)36(50)24(5)37(51)25(6)40(57-27(8)49)23(4)28(56-11)16-18-48/h12-19,21,23-25,28,36-37,40,48,50-53H,1-11H3,(H,46,55)/b13-12+,18-16+,22-14-/t21-,23+,24+,25+,28-,36-,37+,40+/m0/s1. The Morgan fingerprint density at radius 1 is 0.983 bits per heavy atom. The second-order valence-electron chi connectivity index (χ2n) is 16.1. The molecule has 14 heteroatoms. The van der Waals surface area contributed by atoms with Crippen molar-refractivity contribution in [3.63, 3.8) is 0 Å². The van der Waals surface area contributed by atoms with Crippen molar-refractivity contribution in [2.75, 3.05) is 12.4 Å². The van der Waals surface area contributed by atoms with Gasteiger partial charge in [0.15, 0.2) is 11.4 Å². The van der Waals surface area contributed by atoms with Gasteiger partial charge in [-0.15, -0.1) is 0 Å². The number of amides is 1. The molecular formula is C44H55N3O11. The Labute approximate surface area is 337 Å². The van der Waals surface area contributed by atoms with Gasteiger partial charge in [-0.1, -0.05) is 45.9 Å². The van der Waals surface area contributed by atoms with E-state index in [2.05, 4.69) is 5.32 Å². The fourth-order valence-corrected chi connectivity index (χ4v) is 7.93. The van der Waals surface area contributed by atoms with Gasteiger partial charge in [-0.05, 0) is 58.4 Å². The van der Waals surface area contributed by atoms with Crippen LogP contribution in [0, 0.1) is 37.5 Å². The van der Waals surface area contributed by atoms with Crippen molar-refractivity contribution < 1.29 is 54.1 Å². The van der Waals surface area contributed by atoms with Crippen LogP contribution in [0.5, 0.6) is 17.2 Å². The fraction of sp³-hybridized carbons (Fsp3) is 0.455. The van der Waals surface area contributed by atoms with E-state index in [9.17, 15) is 39.9 Å². The van der Waals surface area contributed by atoms with Crippen LogP contribution in [-0.2, 0) is 19.1 Å². The highest BCUT2D eigenvalue weighted by molar-refractivity contribution is 6.28. The Morgan fingerprint density at radius 2 is 1.66 bits per heavy atom. The molecule has 1 aliphatic heterocycles. The summed E-state index contributed by atoms with van der Waals surface area (Å²) in [6, 6.07) is 3.66. The number of fused-ring (bicyclic) bond motifs is 7. The third kappa shape index (κ3) is 7.88. The van der Waals surface area contributed by atoms with Crippen molar-refractivity contribution in [3.05, 3.63) is 71.2 Å². The zero-order valence-electron chi connectivity index (χ0n) is 34.8. The number of aryl methyl sites for hydroxylation is 1. The van der Waals surface area contributed by atoms with E-state index in [1.54, 1.807) is 84.2 Å². The molecule has 0 fully saturated rings. The van der Waals surface area contributed by atoms with Crippen molar-refractivity contribution in [2.45, 2.75) is 99.3 Å². The maximum Gasteiger partial charge on any atom is 0.302 e. The number of phenolic OH excluding ortho intramolecular Hbond substituents is 2. The summed E-state index contributed by atoms with van der Waals surface area (Å²) in [6.45, 7) is 16.5. The van der Waals surface area contributed by atoms with Gasteiger partial charge in [-0.3, -0.25) is 18.8 Å². The predicted molar refractivity (Wildman–Crippen MR) is 220 cm³/mol. The number of rotatable bonds is 14. The summed E-state index contributed by atoms with van der Waals surface area (Å²) in [7, 11) is 1.46. The lowest BCUT2D eigenvalue weighted by Crippen LogP contribution is -2.46. The van der Waals surface area contributed by atoms with E-state index in [4.69, 9.17) is 19.2 Å². The third-order valence-electron chi connectivity index (χ3n) is 11.4. The third-order valence-corrected chi connectivity index (χ3v) is 11.4. The molecule has 6 N–H and O–H groups in total. The number of carbonyl (C=O) groups is 3. The van der Waals surface area contributed by atoms with Crippen LogP contribution < -0.4 is 10.1 Å². The summed E-state index contributed by atoms with van der Waals surface area (Å²) in [6.07, 6.45) is 5.30. The summed E-state index contributed by atoms with van der Waals surface area (Å²) >= 11 is 0. The van der Waals surface area contributed by atoms with E-state index < -0.39 is 71.3 Å². The molecular weight excluding hydrogens is 746 g/mol. The van der Waals surface area contributed by atoms with Crippen LogP contribution in [0.15, 0.2) is 54.5 Å². The number of aliphatic hydroxyl groups is 3. The molecule has 4 aromatic rings. The minimum atomic E-state index is -1.22. The molecule has 1 aliphatic rings. The molecule has 2 aromatic heterocycles. The molecule has 0 radical (unpaired) electrons. The molecule has 58 heavy (non-hydrogen) atoms. The van der Waals surface area contributed by atoms with E-state index in [0.29, 0.717) is 11.2 Å². The number of ether oxygens (including phenoxy) is 3. The number of hydrogen-bond acceptors (Lipinski definition) is 12. The molecule has 2 aromatic carbocycles. The topological polar surface area (TPSA) is 209 Å². The number of aliphatic hydroxyl groups excluding tert-OH is 3. The molecule has 0 spiro atoms. The van der Waals surface area contributed by atoms with Crippen LogP contribution in [0.2, 0.25) is 0 Å². The molecule has 312 valence electrons. The molecule has 0 unspecified atom stereocenters. The van der Waals surface area contributed by atoms with E-state index in [0.717, 1.165) is 11.8 Å². The molecule has 5 rings (SSSR count). The number of aromatic hydroxyl groups is 2. The molecule has 1 amide bonds. The van der Waals surface area contributed by atoms with Crippen LogP contribution in [0.25, 0.3) is 27.5 Å². The predicted octanol–water partition coefficient (Wildman–Crippen LogP) is 6.75. The Hall–Kier alpha value is -5.44. The number of benzene rings is 2. The van der Waals surface area contributed by atoms with Crippen molar-refractivity contribution in [2.24, 2.45) is 23.7 Å². The number of allylic oxidation sites excluding steroid dienone is 2. The summed E-state index contributed by atoms with van der Waals surface area (Å²) < 4.78 is 18.8. The van der Waals surface area contributed by atoms with E-state index in [-0.39, 0.29) is 56.0 Å². The van der Waals surface area contributed by atoms with Gasteiger partial charge in [0.1, 0.15) is 40.0 Å². The van der Waals surface area contributed by atoms with Crippen molar-refractivity contribution in [3.8, 4) is 17.2 Å². The quantitative estimate of drug-likeness (QED) is 0.0257. The molecule has 0 bridgehead atoms. The number of carbonyl (C=O) groups excluding carboxylic acids is 3. The molecule has 3 heterocycles. The summed E-state index contributed by atoms with van der Waals surface area (Å²) in [4.78, 5) is 44.4. The van der Waals surface area contributed by atoms with Gasteiger partial charge in [0.2, 0.25) is 5.78 Å². The number of phenols is 2. The monoisotopic (exact) mass is 801 g/mol. The number of pyridine rings is 1. The van der Waals surface area contributed by atoms with Crippen LogP contribution >= 0.6 is 0 Å². The Kier molecular flexibility index (Phi) is 12.7. The van der Waals surface area contributed by atoms with Crippen molar-refractivity contribution in [1.29, 1.82) is 0 Å². The zero-order chi connectivity index (χ0) is 43.1. The highest BCUT2D eigenvalue weighted by Crippen LogP contribution is 2.53. The molecule has 14 nitrogen and oxygen atoms in total. The maximum atomic E-state index is 13.8. The first-order chi connectivity index (χ1) is 27.2. The first-order valence-corrected chi connectivity index (χ1v) is 19.3. The Bertz CT molecular complexity index is 2360. The molecule has 0 saturated heterocycles. The fourth-order valence-electron chi connectivity index (χ4n) is 7.93. The van der Waals surface area contributed by atoms with Gasteiger partial charge in [0, 0.05) is 60.4 Å². The number of nitrogens with zero attached hydrogens (tertiary/aromatic N) is 2. The van der Waals surface area contributed by atoms with Crippen molar-refractivity contribution in [1.82, 2.24) is 9.38 Å². The molecule has 8 atom stereocenters. The van der Waals surface area contributed by atoms with Gasteiger partial charge in [-0.2, -0.15) is 0 Å². The number of ketones is 1. The van der Waals surface area contributed by atoms with Crippen LogP contribution in [0.3, 0.4) is 0 Å². The summed E-state index contributed by atoms with van der Waals surface area (Å²) in [5.74, 6) is -4.26. The average Bonchev–Trinajstić information content (AvgIpc) is 3.66. The van der Waals surface area contributed by atoms with Crippen LogP contribution in [0.4, 0.5) is 5.69 Å². The number of hydrogen-bond donors (Lipinski definition) is 6. The van der Waals surface area contributed by atoms with Crippen LogP contribution in [0.1, 0.15) is 76.9 Å². The number of imidazole rings is 1. The van der Waals surface area contributed by atoms with Gasteiger partial charge in [0.25, 0.3) is 5.91 Å². The number of anilines is 1. The minimum absolute atomic E-state index is 0.0212. The average molecular weight is 802 g/mol. The highest BCUT2D eigenvalue weighted by atomic mass is 16.5. The Morgan fingerprint density at radius 3 is 2.28 bits per heavy atom. The van der Waals surface area contributed by atoms with Gasteiger partial charge in [0.05, 0.1) is 35.5 Å². The van der Waals surface area contributed by atoms with Crippen LogP contribution in [-0.4, -0.2) is 89.7 Å². The molecule has 0 aliphatic carbocycles.